The molecule has 3 rings (SSSR count). The highest BCUT2D eigenvalue weighted by Gasteiger charge is 2.45. The van der Waals surface area contributed by atoms with Gasteiger partial charge in [-0.3, -0.25) is 0 Å². The normalized spacial score (nSPS) is 30.6. The molecule has 1 N–H and O–H groups in total. The molecule has 1 aromatic rings. The smallest absolute Gasteiger partial charge is 0.128 e. The van der Waals surface area contributed by atoms with Crippen molar-refractivity contribution in [2.75, 3.05) is 18.0 Å². The third-order valence-electron chi connectivity index (χ3n) is 4.81. The summed E-state index contributed by atoms with van der Waals surface area (Å²) in [5, 5.41) is 3.66. The van der Waals surface area contributed by atoms with Gasteiger partial charge in [0.15, 0.2) is 0 Å². The van der Waals surface area contributed by atoms with E-state index in [1.807, 2.05) is 0 Å². The fourth-order valence-corrected chi connectivity index (χ4v) is 3.37. The molecule has 2 nitrogen and oxygen atoms in total. The molecule has 1 heterocycles. The minimum absolute atomic E-state index is 0.0640. The van der Waals surface area contributed by atoms with Crippen molar-refractivity contribution in [3.63, 3.8) is 0 Å². The molecular formula is C16H22F2N2. The summed E-state index contributed by atoms with van der Waals surface area (Å²) in [4.78, 5) is 2.18. The summed E-state index contributed by atoms with van der Waals surface area (Å²) < 4.78 is 27.0. The lowest BCUT2D eigenvalue weighted by Gasteiger charge is -2.47. The molecule has 0 amide bonds. The number of benzene rings is 1. The van der Waals surface area contributed by atoms with Crippen LogP contribution in [0, 0.1) is 17.6 Å². The lowest BCUT2D eigenvalue weighted by Crippen LogP contribution is -2.64. The molecule has 4 heteroatoms. The molecule has 1 saturated heterocycles. The van der Waals surface area contributed by atoms with Gasteiger partial charge in [0, 0.05) is 36.4 Å². The molecule has 20 heavy (non-hydrogen) atoms. The van der Waals surface area contributed by atoms with Crippen molar-refractivity contribution in [3.8, 4) is 0 Å². The lowest BCUT2D eigenvalue weighted by atomic mass is 9.90. The zero-order valence-electron chi connectivity index (χ0n) is 12.1. The van der Waals surface area contributed by atoms with Crippen LogP contribution in [0.1, 0.15) is 33.1 Å². The molecule has 0 bridgehead atoms. The Kier molecular flexibility index (Phi) is 3.44. The molecule has 1 saturated carbocycles. The van der Waals surface area contributed by atoms with Gasteiger partial charge in [0.05, 0.1) is 0 Å². The summed E-state index contributed by atoms with van der Waals surface area (Å²) in [5.74, 6) is -0.302. The van der Waals surface area contributed by atoms with Crippen molar-refractivity contribution in [1.29, 1.82) is 0 Å². The van der Waals surface area contributed by atoms with E-state index in [1.165, 1.54) is 25.0 Å². The first kappa shape index (κ1) is 13.8. The van der Waals surface area contributed by atoms with Crippen molar-refractivity contribution in [2.24, 2.45) is 5.92 Å². The maximum atomic E-state index is 13.5. The molecule has 1 aliphatic carbocycles. The Hall–Kier alpha value is -1.16. The first-order chi connectivity index (χ1) is 9.51. The molecular weight excluding hydrogens is 258 g/mol. The number of anilines is 1. The molecule has 0 spiro atoms. The van der Waals surface area contributed by atoms with Crippen molar-refractivity contribution in [3.05, 3.63) is 29.8 Å². The van der Waals surface area contributed by atoms with Crippen LogP contribution in [0.25, 0.3) is 0 Å². The molecule has 2 aliphatic rings. The van der Waals surface area contributed by atoms with Crippen LogP contribution in [0.5, 0.6) is 0 Å². The van der Waals surface area contributed by atoms with E-state index < -0.39 is 11.6 Å². The molecule has 1 aromatic carbocycles. The summed E-state index contributed by atoms with van der Waals surface area (Å²) in [6, 6.07) is 4.13. The average molecular weight is 280 g/mol. The Morgan fingerprint density at radius 2 is 1.90 bits per heavy atom. The quantitative estimate of drug-likeness (QED) is 0.913. The molecule has 0 aromatic heterocycles. The fraction of sp³-hybridized carbons (Fsp3) is 0.625. The Balaban J connectivity index is 1.90. The second-order valence-electron chi connectivity index (χ2n) is 6.39. The van der Waals surface area contributed by atoms with Gasteiger partial charge in [-0.15, -0.1) is 0 Å². The van der Waals surface area contributed by atoms with Crippen LogP contribution in [0.3, 0.4) is 0 Å². The van der Waals surface area contributed by atoms with Gasteiger partial charge in [-0.25, -0.2) is 8.78 Å². The molecule has 2 fully saturated rings. The lowest BCUT2D eigenvalue weighted by molar-refractivity contribution is 0.252. The second-order valence-corrected chi connectivity index (χ2v) is 6.39. The number of piperazine rings is 1. The van der Waals surface area contributed by atoms with E-state index in [0.717, 1.165) is 25.6 Å². The fourth-order valence-electron chi connectivity index (χ4n) is 3.37. The molecule has 0 radical (unpaired) electrons. The Labute approximate surface area is 119 Å². The van der Waals surface area contributed by atoms with Gasteiger partial charge < -0.3 is 10.2 Å². The van der Waals surface area contributed by atoms with Crippen LogP contribution >= 0.6 is 0 Å². The summed E-state index contributed by atoms with van der Waals surface area (Å²) in [6.07, 6.45) is 3.48. The highest BCUT2D eigenvalue weighted by atomic mass is 19.1. The predicted molar refractivity (Wildman–Crippen MR) is 76.9 cm³/mol. The minimum atomic E-state index is -0.499. The van der Waals surface area contributed by atoms with E-state index in [0.29, 0.717) is 17.6 Å². The van der Waals surface area contributed by atoms with Gasteiger partial charge in [-0.05, 0) is 44.2 Å². The third kappa shape index (κ3) is 2.53. The van der Waals surface area contributed by atoms with Gasteiger partial charge in [0.25, 0.3) is 0 Å². The Bertz CT molecular complexity index is 481. The van der Waals surface area contributed by atoms with Crippen LogP contribution < -0.4 is 10.2 Å². The van der Waals surface area contributed by atoms with E-state index in [1.54, 1.807) is 0 Å². The first-order valence-corrected chi connectivity index (χ1v) is 7.49. The average Bonchev–Trinajstić information content (AvgIpc) is 3.22. The van der Waals surface area contributed by atoms with Crippen molar-refractivity contribution in [2.45, 2.75) is 44.7 Å². The van der Waals surface area contributed by atoms with Crippen LogP contribution in [-0.2, 0) is 0 Å². The van der Waals surface area contributed by atoms with E-state index in [2.05, 4.69) is 24.1 Å². The standard InChI is InChI=1S/C16H22F2N2/c1-3-14-9-19-16(2,11-4-5-11)10-20(14)15-7-12(17)6-13(18)8-15/h6-8,11,14,19H,3-5,9-10H2,1-2H3. The monoisotopic (exact) mass is 280 g/mol. The molecule has 1 aliphatic heterocycles. The van der Waals surface area contributed by atoms with Crippen molar-refractivity contribution >= 4 is 5.69 Å². The highest BCUT2D eigenvalue weighted by Crippen LogP contribution is 2.42. The third-order valence-corrected chi connectivity index (χ3v) is 4.81. The van der Waals surface area contributed by atoms with E-state index in [4.69, 9.17) is 0 Å². The second kappa shape index (κ2) is 4.99. The van der Waals surface area contributed by atoms with Gasteiger partial charge in [-0.2, -0.15) is 0 Å². The van der Waals surface area contributed by atoms with Crippen molar-refractivity contribution in [1.82, 2.24) is 5.32 Å². The zero-order chi connectivity index (χ0) is 14.3. The summed E-state index contributed by atoms with van der Waals surface area (Å²) >= 11 is 0. The molecule has 2 unspecified atom stereocenters. The van der Waals surface area contributed by atoms with E-state index in [-0.39, 0.29) is 5.54 Å². The van der Waals surface area contributed by atoms with Gasteiger partial charge >= 0.3 is 0 Å². The van der Waals surface area contributed by atoms with Gasteiger partial charge in [-0.1, -0.05) is 6.92 Å². The number of nitrogens with zero attached hydrogens (tertiary/aromatic N) is 1. The Morgan fingerprint density at radius 3 is 2.45 bits per heavy atom. The molecule has 2 atom stereocenters. The largest absolute Gasteiger partial charge is 0.365 e. The Morgan fingerprint density at radius 1 is 1.25 bits per heavy atom. The zero-order valence-corrected chi connectivity index (χ0v) is 12.1. The van der Waals surface area contributed by atoms with Crippen molar-refractivity contribution < 1.29 is 8.78 Å². The number of rotatable bonds is 3. The van der Waals surface area contributed by atoms with Crippen LogP contribution in [0.15, 0.2) is 18.2 Å². The minimum Gasteiger partial charge on any atom is -0.365 e. The summed E-state index contributed by atoms with van der Waals surface area (Å²) in [5.41, 5.74) is 0.733. The first-order valence-electron chi connectivity index (χ1n) is 7.49. The van der Waals surface area contributed by atoms with E-state index in [9.17, 15) is 8.78 Å². The number of hydrogen-bond donors (Lipinski definition) is 1. The predicted octanol–water partition coefficient (Wildman–Crippen LogP) is 3.32. The van der Waals surface area contributed by atoms with Gasteiger partial charge in [0.1, 0.15) is 11.6 Å². The topological polar surface area (TPSA) is 15.3 Å². The van der Waals surface area contributed by atoms with Crippen LogP contribution in [0.4, 0.5) is 14.5 Å². The van der Waals surface area contributed by atoms with E-state index >= 15 is 0 Å². The SMILES string of the molecule is CCC1CNC(C)(C2CC2)CN1c1cc(F)cc(F)c1. The maximum absolute atomic E-state index is 13.5. The highest BCUT2D eigenvalue weighted by molar-refractivity contribution is 5.49. The summed E-state index contributed by atoms with van der Waals surface area (Å²) in [6.45, 7) is 6.05. The van der Waals surface area contributed by atoms with Gasteiger partial charge in [0.2, 0.25) is 0 Å². The number of halogens is 2. The maximum Gasteiger partial charge on any atom is 0.128 e. The molecule has 110 valence electrons. The van der Waals surface area contributed by atoms with Crippen LogP contribution in [0.2, 0.25) is 0 Å². The number of hydrogen-bond acceptors (Lipinski definition) is 2. The summed E-state index contributed by atoms with van der Waals surface area (Å²) in [7, 11) is 0. The van der Waals surface area contributed by atoms with Crippen LogP contribution in [-0.4, -0.2) is 24.7 Å². The number of nitrogens with one attached hydrogen (secondary N) is 1.